The van der Waals surface area contributed by atoms with Gasteiger partial charge in [-0.3, -0.25) is 4.79 Å². The Bertz CT molecular complexity index is 1080. The topological polar surface area (TPSA) is 132 Å². The number of anilines is 3. The zero-order valence-electron chi connectivity index (χ0n) is 16.9. The van der Waals surface area contributed by atoms with Crippen molar-refractivity contribution in [1.29, 1.82) is 0 Å². The van der Waals surface area contributed by atoms with Gasteiger partial charge in [0.2, 0.25) is 0 Å². The monoisotopic (exact) mass is 421 g/mol. The summed E-state index contributed by atoms with van der Waals surface area (Å²) in [5.74, 6) is -0.674. The molecular formula is C22H24FN7O. The van der Waals surface area contributed by atoms with Crippen molar-refractivity contribution in [3.05, 3.63) is 60.2 Å². The van der Waals surface area contributed by atoms with E-state index in [-0.39, 0.29) is 29.3 Å². The Balaban J connectivity index is 1.64. The number of benzene rings is 1. The number of nitrogens with zero attached hydrogens (tertiary/aromatic N) is 3. The van der Waals surface area contributed by atoms with Crippen molar-refractivity contribution in [2.45, 2.75) is 37.8 Å². The SMILES string of the molecule is NC(=O)c1cc(F)c(N[C@@H]2CCCC[C@@H]2N)nc1Nc1cccc(-c2ncccn2)c1. The first-order chi connectivity index (χ1) is 15.0. The molecule has 1 aliphatic rings. The number of hydrogen-bond acceptors (Lipinski definition) is 7. The number of amides is 1. The average Bonchev–Trinajstić information content (AvgIpc) is 2.78. The summed E-state index contributed by atoms with van der Waals surface area (Å²) in [7, 11) is 0. The summed E-state index contributed by atoms with van der Waals surface area (Å²) < 4.78 is 14.7. The van der Waals surface area contributed by atoms with Crippen molar-refractivity contribution in [2.24, 2.45) is 11.5 Å². The molecule has 1 saturated carbocycles. The van der Waals surface area contributed by atoms with Crippen LogP contribution in [0.25, 0.3) is 11.4 Å². The normalized spacial score (nSPS) is 18.4. The third kappa shape index (κ3) is 4.77. The van der Waals surface area contributed by atoms with Crippen LogP contribution in [0.2, 0.25) is 0 Å². The molecule has 3 aromatic rings. The van der Waals surface area contributed by atoms with Gasteiger partial charge in [-0.2, -0.15) is 0 Å². The highest BCUT2D eigenvalue weighted by Gasteiger charge is 2.24. The molecule has 31 heavy (non-hydrogen) atoms. The lowest BCUT2D eigenvalue weighted by Crippen LogP contribution is -2.43. The maximum absolute atomic E-state index is 14.7. The first kappa shape index (κ1) is 20.7. The zero-order valence-corrected chi connectivity index (χ0v) is 16.9. The Morgan fingerprint density at radius 1 is 1.06 bits per heavy atom. The molecule has 9 heteroatoms. The van der Waals surface area contributed by atoms with E-state index in [1.165, 1.54) is 0 Å². The lowest BCUT2D eigenvalue weighted by molar-refractivity contribution is 0.100. The number of nitrogens with two attached hydrogens (primary N) is 2. The maximum atomic E-state index is 14.7. The summed E-state index contributed by atoms with van der Waals surface area (Å²) in [4.78, 5) is 24.7. The number of carbonyl (C=O) groups is 1. The van der Waals surface area contributed by atoms with Gasteiger partial charge in [-0.1, -0.05) is 25.0 Å². The quantitative estimate of drug-likeness (QED) is 0.480. The standard InChI is InChI=1S/C22H24FN7O/c23-16-12-15(19(25)31)21(30-22(16)29-18-8-2-1-7-17(18)24)28-14-6-3-5-13(11-14)20-26-9-4-10-27-20/h3-6,9-12,17-18H,1-2,7-8,24H2,(H2,25,31)(H2,28,29,30)/t17-,18+/m0/s1. The van der Waals surface area contributed by atoms with E-state index < -0.39 is 11.7 Å². The lowest BCUT2D eigenvalue weighted by atomic mass is 9.91. The molecular weight excluding hydrogens is 397 g/mol. The number of pyridine rings is 1. The van der Waals surface area contributed by atoms with Gasteiger partial charge in [-0.25, -0.2) is 19.3 Å². The molecule has 1 aliphatic carbocycles. The van der Waals surface area contributed by atoms with Gasteiger partial charge >= 0.3 is 0 Å². The van der Waals surface area contributed by atoms with E-state index in [1.54, 1.807) is 24.5 Å². The Hall–Kier alpha value is -3.59. The van der Waals surface area contributed by atoms with Crippen LogP contribution in [-0.2, 0) is 0 Å². The summed E-state index contributed by atoms with van der Waals surface area (Å²) in [5, 5.41) is 6.18. The van der Waals surface area contributed by atoms with Gasteiger partial charge in [0.05, 0.1) is 5.56 Å². The van der Waals surface area contributed by atoms with Gasteiger partial charge in [0.1, 0.15) is 5.82 Å². The minimum absolute atomic E-state index is 0.0393. The van der Waals surface area contributed by atoms with Crippen LogP contribution in [-0.4, -0.2) is 32.9 Å². The molecule has 0 aliphatic heterocycles. The summed E-state index contributed by atoms with van der Waals surface area (Å²) in [6, 6.07) is 9.97. The fourth-order valence-corrected chi connectivity index (χ4v) is 3.71. The van der Waals surface area contributed by atoms with E-state index in [2.05, 4.69) is 25.6 Å². The third-order valence-corrected chi connectivity index (χ3v) is 5.33. The predicted octanol–water partition coefficient (Wildman–Crippen LogP) is 3.20. The van der Waals surface area contributed by atoms with E-state index in [9.17, 15) is 9.18 Å². The van der Waals surface area contributed by atoms with E-state index in [0.29, 0.717) is 11.5 Å². The molecule has 160 valence electrons. The first-order valence-electron chi connectivity index (χ1n) is 10.2. The van der Waals surface area contributed by atoms with Crippen molar-refractivity contribution in [2.75, 3.05) is 10.6 Å². The fraction of sp³-hybridized carbons (Fsp3) is 0.273. The van der Waals surface area contributed by atoms with Crippen LogP contribution >= 0.6 is 0 Å². The van der Waals surface area contributed by atoms with Crippen LogP contribution in [0.15, 0.2) is 48.8 Å². The van der Waals surface area contributed by atoms with Crippen molar-refractivity contribution < 1.29 is 9.18 Å². The molecule has 2 aromatic heterocycles. The highest BCUT2D eigenvalue weighted by Crippen LogP contribution is 2.28. The minimum atomic E-state index is -0.780. The number of aromatic nitrogens is 3. The van der Waals surface area contributed by atoms with Crippen molar-refractivity contribution in [3.8, 4) is 11.4 Å². The number of carbonyl (C=O) groups excluding carboxylic acids is 1. The summed E-state index contributed by atoms with van der Waals surface area (Å²) >= 11 is 0. The van der Waals surface area contributed by atoms with Crippen molar-refractivity contribution in [1.82, 2.24) is 15.0 Å². The Morgan fingerprint density at radius 2 is 1.84 bits per heavy atom. The average molecular weight is 421 g/mol. The Morgan fingerprint density at radius 3 is 2.58 bits per heavy atom. The summed E-state index contributed by atoms with van der Waals surface area (Å²) in [6.45, 7) is 0. The molecule has 0 radical (unpaired) electrons. The lowest BCUT2D eigenvalue weighted by Gasteiger charge is -2.30. The largest absolute Gasteiger partial charge is 0.365 e. The molecule has 0 unspecified atom stereocenters. The summed E-state index contributed by atoms with van der Waals surface area (Å²) in [6.07, 6.45) is 7.10. The van der Waals surface area contributed by atoms with Crippen molar-refractivity contribution >= 4 is 23.2 Å². The maximum Gasteiger partial charge on any atom is 0.252 e. The first-order valence-corrected chi connectivity index (χ1v) is 10.2. The van der Waals surface area contributed by atoms with Gasteiger partial charge < -0.3 is 22.1 Å². The molecule has 0 spiro atoms. The van der Waals surface area contributed by atoms with Crippen LogP contribution in [0.4, 0.5) is 21.7 Å². The molecule has 0 saturated heterocycles. The van der Waals surface area contributed by atoms with Gasteiger partial charge in [-0.15, -0.1) is 0 Å². The Labute approximate surface area is 179 Å². The Kier molecular flexibility index (Phi) is 6.03. The second-order valence-corrected chi connectivity index (χ2v) is 7.56. The molecule has 2 heterocycles. The smallest absolute Gasteiger partial charge is 0.252 e. The van der Waals surface area contributed by atoms with E-state index in [0.717, 1.165) is 37.3 Å². The van der Waals surface area contributed by atoms with Crippen LogP contribution in [0.3, 0.4) is 0 Å². The molecule has 8 nitrogen and oxygen atoms in total. The zero-order chi connectivity index (χ0) is 21.8. The second-order valence-electron chi connectivity index (χ2n) is 7.56. The van der Waals surface area contributed by atoms with Crippen molar-refractivity contribution in [3.63, 3.8) is 0 Å². The molecule has 1 aromatic carbocycles. The van der Waals surface area contributed by atoms with Gasteiger partial charge in [-0.05, 0) is 37.1 Å². The van der Waals surface area contributed by atoms with Crippen LogP contribution in [0, 0.1) is 5.82 Å². The number of rotatable bonds is 6. The third-order valence-electron chi connectivity index (χ3n) is 5.33. The van der Waals surface area contributed by atoms with Gasteiger partial charge in [0, 0.05) is 35.7 Å². The van der Waals surface area contributed by atoms with E-state index in [1.807, 2.05) is 18.2 Å². The molecule has 1 amide bonds. The fourth-order valence-electron chi connectivity index (χ4n) is 3.71. The minimum Gasteiger partial charge on any atom is -0.365 e. The van der Waals surface area contributed by atoms with E-state index in [4.69, 9.17) is 11.5 Å². The van der Waals surface area contributed by atoms with E-state index >= 15 is 0 Å². The summed E-state index contributed by atoms with van der Waals surface area (Å²) in [5.41, 5.74) is 13.0. The molecule has 1 fully saturated rings. The second kappa shape index (κ2) is 9.05. The van der Waals surface area contributed by atoms with Crippen LogP contribution < -0.4 is 22.1 Å². The molecule has 6 N–H and O–H groups in total. The number of hydrogen-bond donors (Lipinski definition) is 4. The molecule has 4 rings (SSSR count). The molecule has 2 atom stereocenters. The number of nitrogens with one attached hydrogen (secondary N) is 2. The number of halogens is 1. The molecule has 0 bridgehead atoms. The highest BCUT2D eigenvalue weighted by atomic mass is 19.1. The van der Waals surface area contributed by atoms with Crippen LogP contribution in [0.1, 0.15) is 36.0 Å². The van der Waals surface area contributed by atoms with Crippen LogP contribution in [0.5, 0.6) is 0 Å². The predicted molar refractivity (Wildman–Crippen MR) is 117 cm³/mol. The van der Waals surface area contributed by atoms with Gasteiger partial charge in [0.25, 0.3) is 5.91 Å². The van der Waals surface area contributed by atoms with Gasteiger partial charge in [0.15, 0.2) is 17.5 Å². The number of primary amides is 1. The highest BCUT2D eigenvalue weighted by molar-refractivity contribution is 5.98.